The molecule has 1 aromatic heterocycles. The van der Waals surface area contributed by atoms with E-state index in [4.69, 9.17) is 16.9 Å². The van der Waals surface area contributed by atoms with E-state index in [0.29, 0.717) is 13.0 Å². The van der Waals surface area contributed by atoms with Crippen LogP contribution in [0, 0.1) is 17.1 Å². The van der Waals surface area contributed by atoms with E-state index in [1.165, 1.54) is 4.90 Å². The first-order valence-electron chi connectivity index (χ1n) is 5.15. The number of halogens is 2. The second kappa shape index (κ2) is 4.68. The third-order valence-corrected chi connectivity index (χ3v) is 3.00. The molecule has 2 rings (SSSR count). The normalized spacial score (nSPS) is 19.1. The van der Waals surface area contributed by atoms with Crippen molar-refractivity contribution in [3.63, 3.8) is 0 Å². The average Bonchev–Trinajstić information content (AvgIpc) is 2.79. The molecule has 1 aliphatic rings. The van der Waals surface area contributed by atoms with Crippen LogP contribution in [-0.2, 0) is 0 Å². The highest BCUT2D eigenvalue weighted by Gasteiger charge is 2.30. The van der Waals surface area contributed by atoms with E-state index in [9.17, 15) is 9.18 Å². The first kappa shape index (κ1) is 11.8. The van der Waals surface area contributed by atoms with Gasteiger partial charge in [-0.2, -0.15) is 5.26 Å². The molecule has 0 aromatic carbocycles. The van der Waals surface area contributed by atoms with Gasteiger partial charge in [-0.1, -0.05) is 11.6 Å². The summed E-state index contributed by atoms with van der Waals surface area (Å²) < 4.78 is 13.0. The second-order valence-electron chi connectivity index (χ2n) is 3.78. The van der Waals surface area contributed by atoms with Gasteiger partial charge in [0.05, 0.1) is 17.8 Å². The van der Waals surface area contributed by atoms with Gasteiger partial charge in [-0.3, -0.25) is 4.79 Å². The standard InChI is InChI=1S/C11H9ClFN3O/c12-10-9(4-7(13)6-15-10)11(17)16-3-1-2-8(16)5-14/h4,6,8H,1-3H2. The van der Waals surface area contributed by atoms with Crippen LogP contribution in [0.1, 0.15) is 23.2 Å². The Morgan fingerprint density at radius 2 is 2.47 bits per heavy atom. The van der Waals surface area contributed by atoms with E-state index in [1.807, 2.05) is 6.07 Å². The molecule has 1 atom stereocenters. The number of hydrogen-bond acceptors (Lipinski definition) is 3. The van der Waals surface area contributed by atoms with Gasteiger partial charge in [0.15, 0.2) is 0 Å². The number of nitrogens with zero attached hydrogens (tertiary/aromatic N) is 3. The Morgan fingerprint density at radius 1 is 1.71 bits per heavy atom. The molecule has 0 spiro atoms. The molecule has 1 unspecified atom stereocenters. The van der Waals surface area contributed by atoms with Crippen molar-refractivity contribution >= 4 is 17.5 Å². The van der Waals surface area contributed by atoms with Gasteiger partial charge in [-0.05, 0) is 18.9 Å². The quantitative estimate of drug-likeness (QED) is 0.720. The van der Waals surface area contributed by atoms with Crippen LogP contribution in [0.15, 0.2) is 12.3 Å². The molecule has 1 aliphatic heterocycles. The second-order valence-corrected chi connectivity index (χ2v) is 4.14. The van der Waals surface area contributed by atoms with E-state index in [1.54, 1.807) is 0 Å². The zero-order valence-corrected chi connectivity index (χ0v) is 9.62. The maximum Gasteiger partial charge on any atom is 0.258 e. The van der Waals surface area contributed by atoms with E-state index in [-0.39, 0.29) is 10.7 Å². The molecule has 0 aliphatic carbocycles. The summed E-state index contributed by atoms with van der Waals surface area (Å²) in [7, 11) is 0. The van der Waals surface area contributed by atoms with Crippen LogP contribution < -0.4 is 0 Å². The molecule has 0 radical (unpaired) electrons. The fourth-order valence-electron chi connectivity index (χ4n) is 1.87. The predicted molar refractivity (Wildman–Crippen MR) is 58.9 cm³/mol. The Labute approximate surface area is 103 Å². The molecular weight excluding hydrogens is 245 g/mol. The highest BCUT2D eigenvalue weighted by Crippen LogP contribution is 2.22. The van der Waals surface area contributed by atoms with Gasteiger partial charge in [-0.15, -0.1) is 0 Å². The molecule has 88 valence electrons. The summed E-state index contributed by atoms with van der Waals surface area (Å²) in [5, 5.41) is 8.85. The monoisotopic (exact) mass is 253 g/mol. The maximum atomic E-state index is 13.0. The highest BCUT2D eigenvalue weighted by molar-refractivity contribution is 6.32. The van der Waals surface area contributed by atoms with Gasteiger partial charge in [-0.25, -0.2) is 9.37 Å². The molecule has 1 amide bonds. The van der Waals surface area contributed by atoms with Crippen molar-refractivity contribution in [1.82, 2.24) is 9.88 Å². The number of carbonyl (C=O) groups is 1. The first-order chi connectivity index (χ1) is 8.13. The molecule has 6 heteroatoms. The molecule has 1 aromatic rings. The lowest BCUT2D eigenvalue weighted by Crippen LogP contribution is -2.34. The Balaban J connectivity index is 2.31. The third-order valence-electron chi connectivity index (χ3n) is 2.70. The zero-order chi connectivity index (χ0) is 12.4. The summed E-state index contributed by atoms with van der Waals surface area (Å²) in [5.74, 6) is -1.06. The van der Waals surface area contributed by atoms with E-state index < -0.39 is 17.8 Å². The summed E-state index contributed by atoms with van der Waals surface area (Å²) in [5.41, 5.74) is 0.00816. The van der Waals surface area contributed by atoms with Crippen molar-refractivity contribution in [1.29, 1.82) is 5.26 Å². The number of carbonyl (C=O) groups excluding carboxylic acids is 1. The highest BCUT2D eigenvalue weighted by atomic mass is 35.5. The van der Waals surface area contributed by atoms with Crippen molar-refractivity contribution in [2.45, 2.75) is 18.9 Å². The first-order valence-corrected chi connectivity index (χ1v) is 5.53. The van der Waals surface area contributed by atoms with Crippen LogP contribution in [-0.4, -0.2) is 28.4 Å². The molecule has 0 bridgehead atoms. The van der Waals surface area contributed by atoms with Crippen LogP contribution >= 0.6 is 11.6 Å². The van der Waals surface area contributed by atoms with Crippen LogP contribution in [0.2, 0.25) is 5.15 Å². The van der Waals surface area contributed by atoms with Gasteiger partial charge in [0.25, 0.3) is 5.91 Å². The average molecular weight is 254 g/mol. The van der Waals surface area contributed by atoms with E-state index in [2.05, 4.69) is 4.98 Å². The smallest absolute Gasteiger partial charge is 0.258 e. The summed E-state index contributed by atoms with van der Waals surface area (Å²) in [6.45, 7) is 0.490. The third kappa shape index (κ3) is 2.22. The molecule has 1 fully saturated rings. The fraction of sp³-hybridized carbons (Fsp3) is 0.364. The summed E-state index contributed by atoms with van der Waals surface area (Å²) in [4.78, 5) is 17.1. The SMILES string of the molecule is N#CC1CCCN1C(=O)c1cc(F)cnc1Cl. The lowest BCUT2D eigenvalue weighted by atomic mass is 10.2. The summed E-state index contributed by atoms with van der Waals surface area (Å²) in [6.07, 6.45) is 2.36. The number of pyridine rings is 1. The lowest BCUT2D eigenvalue weighted by Gasteiger charge is -2.19. The summed E-state index contributed by atoms with van der Waals surface area (Å²) in [6, 6.07) is 2.64. The van der Waals surface area contributed by atoms with Crippen LogP contribution in [0.4, 0.5) is 4.39 Å². The number of nitriles is 1. The van der Waals surface area contributed by atoms with Gasteiger partial charge >= 0.3 is 0 Å². The van der Waals surface area contributed by atoms with Crippen LogP contribution in [0.3, 0.4) is 0 Å². The van der Waals surface area contributed by atoms with E-state index in [0.717, 1.165) is 18.7 Å². The number of hydrogen-bond donors (Lipinski definition) is 0. The minimum Gasteiger partial charge on any atom is -0.323 e. The predicted octanol–water partition coefficient (Wildman–Crippen LogP) is 2.00. The molecule has 1 saturated heterocycles. The number of rotatable bonds is 1. The maximum absolute atomic E-state index is 13.0. The molecule has 4 nitrogen and oxygen atoms in total. The zero-order valence-electron chi connectivity index (χ0n) is 8.86. The fourth-order valence-corrected chi connectivity index (χ4v) is 2.06. The number of amides is 1. The van der Waals surface area contributed by atoms with Gasteiger partial charge in [0.1, 0.15) is 17.0 Å². The topological polar surface area (TPSA) is 57.0 Å². The van der Waals surface area contributed by atoms with Gasteiger partial charge in [0.2, 0.25) is 0 Å². The van der Waals surface area contributed by atoms with Crippen molar-refractivity contribution in [3.8, 4) is 6.07 Å². The van der Waals surface area contributed by atoms with E-state index >= 15 is 0 Å². The molecule has 2 heterocycles. The largest absolute Gasteiger partial charge is 0.323 e. The Morgan fingerprint density at radius 3 is 3.18 bits per heavy atom. The molecule has 17 heavy (non-hydrogen) atoms. The Hall–Kier alpha value is -1.67. The van der Waals surface area contributed by atoms with Crippen molar-refractivity contribution < 1.29 is 9.18 Å². The number of aromatic nitrogens is 1. The molecular formula is C11H9ClFN3O. The lowest BCUT2D eigenvalue weighted by molar-refractivity contribution is 0.0764. The minimum atomic E-state index is -0.620. The van der Waals surface area contributed by atoms with Crippen molar-refractivity contribution in [2.75, 3.05) is 6.54 Å². The number of likely N-dealkylation sites (tertiary alicyclic amines) is 1. The van der Waals surface area contributed by atoms with Crippen LogP contribution in [0.25, 0.3) is 0 Å². The summed E-state index contributed by atoms with van der Waals surface area (Å²) >= 11 is 5.75. The Kier molecular flexibility index (Phi) is 3.25. The Bertz CT molecular complexity index is 500. The van der Waals surface area contributed by atoms with Gasteiger partial charge < -0.3 is 4.90 Å². The van der Waals surface area contributed by atoms with Crippen molar-refractivity contribution in [2.24, 2.45) is 0 Å². The van der Waals surface area contributed by atoms with Crippen LogP contribution in [0.5, 0.6) is 0 Å². The minimum absolute atomic E-state index is 0.00816. The molecule has 0 N–H and O–H groups in total. The van der Waals surface area contributed by atoms with Gasteiger partial charge in [0, 0.05) is 6.54 Å². The molecule has 0 saturated carbocycles. The van der Waals surface area contributed by atoms with Crippen molar-refractivity contribution in [3.05, 3.63) is 28.8 Å².